The maximum Gasteiger partial charge on any atom is 0.258 e. The number of nitrogens with zero attached hydrogens (tertiary/aromatic N) is 4. The maximum absolute atomic E-state index is 16.7. The Kier molecular flexibility index (Phi) is 9.69. The summed E-state index contributed by atoms with van der Waals surface area (Å²) in [7, 11) is 2.18. The zero-order valence-electron chi connectivity index (χ0n) is 30.4. The van der Waals surface area contributed by atoms with Gasteiger partial charge in [0.1, 0.15) is 6.17 Å². The van der Waals surface area contributed by atoms with E-state index < -0.39 is 24.2 Å². The van der Waals surface area contributed by atoms with Crippen molar-refractivity contribution in [3.05, 3.63) is 11.8 Å². The van der Waals surface area contributed by atoms with Crippen LogP contribution in [-0.4, -0.2) is 151 Å². The third-order valence-corrected chi connectivity index (χ3v) is 14.7. The van der Waals surface area contributed by atoms with Crippen LogP contribution in [0.4, 0.5) is 4.39 Å². The number of alkyl halides is 1. The van der Waals surface area contributed by atoms with E-state index in [0.717, 1.165) is 58.0 Å². The van der Waals surface area contributed by atoms with Gasteiger partial charge >= 0.3 is 0 Å². The summed E-state index contributed by atoms with van der Waals surface area (Å²) in [6.07, 6.45) is 13.3. The number of carbonyl (C=O) groups excluding carboxylic acids is 3. The summed E-state index contributed by atoms with van der Waals surface area (Å²) in [5.41, 5.74) is 0.235. The molecule has 3 saturated carbocycles. The van der Waals surface area contributed by atoms with Gasteiger partial charge in [0.05, 0.1) is 54.7 Å². The standard InChI is InChI=1S/C39H59FN6O5/c1-43-13-6-7-24(43)10-12-41-20-34(47)42-23-11-16-45(21-23)36-29(40)17-27-35-38(36)51-33-18-26-25-8-2-3-9-31(25)50-32(26)19-30(33)46(35)22-28(37(27)48)39(49)44-14-4-5-15-44/h22-27,29-33,35-36,38,41H,2-21H2,1H3,(H,42,47)/t23-,24?,25?,26?,27?,29?,30?,31?,32?,33?,35?,36?,38?/m1/s1. The lowest BCUT2D eigenvalue weighted by Gasteiger charge is -2.61. The largest absolute Gasteiger partial charge is 0.374 e. The highest BCUT2D eigenvalue weighted by Crippen LogP contribution is 2.53. The molecule has 13 atom stereocenters. The second kappa shape index (κ2) is 14.3. The van der Waals surface area contributed by atoms with E-state index in [0.29, 0.717) is 50.2 Å². The molecule has 0 aromatic carbocycles. The number of hydrogen-bond donors (Lipinski definition) is 2. The SMILES string of the molecule is CN1CCCC1CCNCC(=O)N[C@@H]1CCN(C2C(F)CC3C(=O)C(C(=O)N4CCCC4)=CN4C5CC6OC7CCCCC7C6CC5OC2C34)C1. The quantitative estimate of drug-likeness (QED) is 0.290. The summed E-state index contributed by atoms with van der Waals surface area (Å²) >= 11 is 0. The normalized spacial score (nSPS) is 43.8. The van der Waals surface area contributed by atoms with E-state index in [1.54, 1.807) is 0 Å². The molecule has 0 spiro atoms. The second-order valence-corrected chi connectivity index (χ2v) is 17.5. The minimum atomic E-state index is -1.27. The fraction of sp³-hybridized carbons (Fsp3) is 0.872. The number of likely N-dealkylation sites (tertiary alicyclic amines) is 3. The summed E-state index contributed by atoms with van der Waals surface area (Å²) in [4.78, 5) is 49.6. The molecule has 12 unspecified atom stereocenters. The van der Waals surface area contributed by atoms with Crippen LogP contribution in [0.15, 0.2) is 11.8 Å². The average Bonchev–Trinajstić information content (AvgIpc) is 3.95. The van der Waals surface area contributed by atoms with Gasteiger partial charge in [0.2, 0.25) is 5.91 Å². The molecular weight excluding hydrogens is 651 g/mol. The molecule has 6 heterocycles. The van der Waals surface area contributed by atoms with Crippen molar-refractivity contribution in [2.45, 2.75) is 144 Å². The molecule has 51 heavy (non-hydrogen) atoms. The Bertz CT molecular complexity index is 1380. The number of ketones is 1. The highest BCUT2D eigenvalue weighted by atomic mass is 19.1. The minimum absolute atomic E-state index is 0.00590. The molecule has 0 bridgehead atoms. The van der Waals surface area contributed by atoms with E-state index in [1.165, 1.54) is 32.1 Å². The Balaban J connectivity index is 0.918. The maximum atomic E-state index is 16.7. The first-order valence-corrected chi connectivity index (χ1v) is 20.6. The lowest BCUT2D eigenvalue weighted by atomic mass is 9.67. The van der Waals surface area contributed by atoms with Crippen molar-refractivity contribution >= 4 is 17.6 Å². The monoisotopic (exact) mass is 710 g/mol. The zero-order valence-corrected chi connectivity index (χ0v) is 30.4. The summed E-state index contributed by atoms with van der Waals surface area (Å²) in [6.45, 7) is 4.84. The Labute approximate surface area is 302 Å². The van der Waals surface area contributed by atoms with Gasteiger partial charge < -0.3 is 34.8 Å². The number of halogens is 1. The smallest absolute Gasteiger partial charge is 0.258 e. The first-order chi connectivity index (χ1) is 24.8. The second-order valence-electron chi connectivity index (χ2n) is 17.5. The molecule has 2 N–H and O–H groups in total. The predicted molar refractivity (Wildman–Crippen MR) is 188 cm³/mol. The number of amides is 2. The van der Waals surface area contributed by atoms with Crippen LogP contribution in [-0.2, 0) is 23.9 Å². The van der Waals surface area contributed by atoms with E-state index in [9.17, 15) is 14.4 Å². The van der Waals surface area contributed by atoms with Crippen LogP contribution < -0.4 is 10.6 Å². The minimum Gasteiger partial charge on any atom is -0.374 e. The Hall–Kier alpha value is -2.12. The fourth-order valence-corrected chi connectivity index (χ4v) is 12.2. The van der Waals surface area contributed by atoms with Crippen molar-refractivity contribution in [3.63, 3.8) is 0 Å². The number of ether oxygens (including phenoxy) is 2. The predicted octanol–water partition coefficient (Wildman–Crippen LogP) is 2.24. The lowest BCUT2D eigenvalue weighted by molar-refractivity contribution is -0.220. The van der Waals surface area contributed by atoms with E-state index in [1.807, 2.05) is 11.1 Å². The summed E-state index contributed by atoms with van der Waals surface area (Å²) in [6, 6.07) is -0.283. The molecule has 2 amide bonds. The van der Waals surface area contributed by atoms with Gasteiger partial charge in [-0.05, 0) is 103 Å². The van der Waals surface area contributed by atoms with Gasteiger partial charge in [-0.1, -0.05) is 12.8 Å². The van der Waals surface area contributed by atoms with Crippen LogP contribution in [0.5, 0.6) is 0 Å². The first-order valence-electron chi connectivity index (χ1n) is 20.6. The number of fused-ring (bicyclic) bond motifs is 5. The third kappa shape index (κ3) is 6.36. The Morgan fingerprint density at radius 1 is 0.882 bits per heavy atom. The number of nitrogens with one attached hydrogen (secondary N) is 2. The van der Waals surface area contributed by atoms with Gasteiger partial charge in [-0.2, -0.15) is 0 Å². The number of morpholine rings is 1. The molecule has 9 aliphatic rings. The summed E-state index contributed by atoms with van der Waals surface area (Å²) in [5, 5.41) is 6.54. The number of hydrogen-bond acceptors (Lipinski definition) is 9. The average molecular weight is 711 g/mol. The van der Waals surface area contributed by atoms with Gasteiger partial charge in [0, 0.05) is 50.4 Å². The van der Waals surface area contributed by atoms with Crippen LogP contribution in [0.2, 0.25) is 0 Å². The van der Waals surface area contributed by atoms with Gasteiger partial charge in [-0.3, -0.25) is 19.3 Å². The number of carbonyl (C=O) groups is 3. The summed E-state index contributed by atoms with van der Waals surface area (Å²) < 4.78 is 30.6. The highest BCUT2D eigenvalue weighted by Gasteiger charge is 2.62. The molecule has 11 nitrogen and oxygen atoms in total. The van der Waals surface area contributed by atoms with Crippen molar-refractivity contribution in [2.24, 2.45) is 17.8 Å². The topological polar surface area (TPSA) is 107 Å². The first kappa shape index (κ1) is 34.6. The Morgan fingerprint density at radius 2 is 1.73 bits per heavy atom. The van der Waals surface area contributed by atoms with Crippen LogP contribution in [0.25, 0.3) is 0 Å². The van der Waals surface area contributed by atoms with Gasteiger partial charge in [0.25, 0.3) is 5.91 Å². The molecule has 12 heteroatoms. The van der Waals surface area contributed by atoms with Gasteiger partial charge in [-0.15, -0.1) is 0 Å². The molecule has 0 aromatic heterocycles. The molecule has 0 aromatic rings. The van der Waals surface area contributed by atoms with Gasteiger partial charge in [0.15, 0.2) is 5.78 Å². The zero-order chi connectivity index (χ0) is 34.8. The van der Waals surface area contributed by atoms with Crippen LogP contribution in [0.1, 0.15) is 83.5 Å². The van der Waals surface area contributed by atoms with Crippen molar-refractivity contribution in [3.8, 4) is 0 Å². The van der Waals surface area contributed by atoms with Gasteiger partial charge in [-0.25, -0.2) is 4.39 Å². The van der Waals surface area contributed by atoms with E-state index in [4.69, 9.17) is 9.47 Å². The molecule has 6 aliphatic heterocycles. The number of rotatable bonds is 8. The van der Waals surface area contributed by atoms with Crippen LogP contribution >= 0.6 is 0 Å². The van der Waals surface area contributed by atoms with Crippen LogP contribution in [0, 0.1) is 17.8 Å². The van der Waals surface area contributed by atoms with E-state index in [-0.39, 0.29) is 66.5 Å². The molecule has 0 radical (unpaired) electrons. The van der Waals surface area contributed by atoms with Crippen molar-refractivity contribution in [1.82, 2.24) is 30.2 Å². The van der Waals surface area contributed by atoms with Crippen molar-refractivity contribution in [2.75, 3.05) is 52.9 Å². The molecule has 9 rings (SSSR count). The summed E-state index contributed by atoms with van der Waals surface area (Å²) in [5.74, 6) is -0.0406. The molecule has 282 valence electrons. The lowest BCUT2D eigenvalue weighted by Crippen LogP contribution is -2.73. The fourth-order valence-electron chi connectivity index (χ4n) is 12.2. The molecule has 8 fully saturated rings. The third-order valence-electron chi connectivity index (χ3n) is 14.7. The van der Waals surface area contributed by atoms with Crippen LogP contribution in [0.3, 0.4) is 0 Å². The van der Waals surface area contributed by atoms with Crippen molar-refractivity contribution < 1.29 is 28.2 Å². The highest BCUT2D eigenvalue weighted by molar-refractivity contribution is 6.20. The molecule has 3 aliphatic carbocycles. The molecular formula is C39H59FN6O5. The molecule has 5 saturated heterocycles. The Morgan fingerprint density at radius 3 is 2.55 bits per heavy atom. The van der Waals surface area contributed by atoms with E-state index >= 15 is 4.39 Å². The van der Waals surface area contributed by atoms with Crippen molar-refractivity contribution in [1.29, 1.82) is 0 Å². The van der Waals surface area contributed by atoms with E-state index in [2.05, 4.69) is 32.4 Å². The number of Topliss-reactive ketones (excluding diaryl/α,β-unsaturated/α-hetero) is 1.